The van der Waals surface area contributed by atoms with Crippen LogP contribution in [0.5, 0.6) is 5.75 Å². The van der Waals surface area contributed by atoms with E-state index in [1.165, 1.54) is 0 Å². The Morgan fingerprint density at radius 3 is 2.77 bits per heavy atom. The fourth-order valence-electron chi connectivity index (χ4n) is 2.38. The Hall–Kier alpha value is -2.87. The first-order valence-corrected chi connectivity index (χ1v) is 8.70. The largest absolute Gasteiger partial charge is 0.481 e. The van der Waals surface area contributed by atoms with Crippen molar-refractivity contribution in [1.82, 2.24) is 21.0 Å². The van der Waals surface area contributed by atoms with E-state index in [9.17, 15) is 9.59 Å². The number of aryl methyl sites for hydroxylation is 1. The molecule has 0 aliphatic carbocycles. The minimum absolute atomic E-state index is 0.213. The fourth-order valence-corrected chi connectivity index (χ4v) is 2.76. The number of rotatable bonds is 4. The number of benzene rings is 2. The fraction of sp³-hybridized carbons (Fsp3) is 0.167. The van der Waals surface area contributed by atoms with Gasteiger partial charge in [0, 0.05) is 9.86 Å². The van der Waals surface area contributed by atoms with Crippen LogP contribution < -0.4 is 15.6 Å². The second kappa shape index (κ2) is 7.57. The van der Waals surface area contributed by atoms with Crippen LogP contribution in [0.15, 0.2) is 46.9 Å². The Balaban J connectivity index is 1.61. The smallest absolute Gasteiger partial charge is 0.290 e. The molecule has 0 aliphatic rings. The van der Waals surface area contributed by atoms with Crippen LogP contribution in [0.3, 0.4) is 0 Å². The van der Waals surface area contributed by atoms with Gasteiger partial charge in [0.15, 0.2) is 11.8 Å². The van der Waals surface area contributed by atoms with Gasteiger partial charge in [0.2, 0.25) is 0 Å². The lowest BCUT2D eigenvalue weighted by Crippen LogP contribution is -2.47. The predicted molar refractivity (Wildman–Crippen MR) is 101 cm³/mol. The van der Waals surface area contributed by atoms with Gasteiger partial charge in [-0.05, 0) is 44.2 Å². The molecule has 0 aliphatic heterocycles. The first-order valence-electron chi connectivity index (χ1n) is 7.91. The Labute approximate surface area is 158 Å². The van der Waals surface area contributed by atoms with E-state index in [1.54, 1.807) is 25.1 Å². The number of ether oxygens (including phenoxy) is 1. The molecule has 0 spiro atoms. The SMILES string of the molecule is Cc1ccc2[nH]nc(C(=O)NNC(=O)C(C)Oc3cccc(Br)c3)c2c1. The highest BCUT2D eigenvalue weighted by Gasteiger charge is 2.18. The van der Waals surface area contributed by atoms with Crippen molar-refractivity contribution in [3.63, 3.8) is 0 Å². The van der Waals surface area contributed by atoms with Gasteiger partial charge >= 0.3 is 0 Å². The van der Waals surface area contributed by atoms with Gasteiger partial charge < -0.3 is 4.74 Å². The molecule has 0 bridgehead atoms. The van der Waals surface area contributed by atoms with Crippen LogP contribution in [0.25, 0.3) is 10.9 Å². The van der Waals surface area contributed by atoms with E-state index in [-0.39, 0.29) is 5.69 Å². The third kappa shape index (κ3) is 4.02. The van der Waals surface area contributed by atoms with Crippen LogP contribution in [0.2, 0.25) is 0 Å². The summed E-state index contributed by atoms with van der Waals surface area (Å²) in [6.07, 6.45) is -0.789. The van der Waals surface area contributed by atoms with Gasteiger partial charge in [-0.3, -0.25) is 25.5 Å². The number of hydrazine groups is 1. The van der Waals surface area contributed by atoms with Crippen LogP contribution in [0.4, 0.5) is 0 Å². The van der Waals surface area contributed by atoms with Crippen molar-refractivity contribution < 1.29 is 14.3 Å². The summed E-state index contributed by atoms with van der Waals surface area (Å²) >= 11 is 3.34. The number of carbonyl (C=O) groups is 2. The Kier molecular flexibility index (Phi) is 5.22. The molecular weight excluding hydrogens is 400 g/mol. The van der Waals surface area contributed by atoms with Gasteiger partial charge in [-0.25, -0.2) is 0 Å². The maximum atomic E-state index is 12.3. The lowest BCUT2D eigenvalue weighted by Gasteiger charge is -2.15. The summed E-state index contributed by atoms with van der Waals surface area (Å²) in [5.41, 5.74) is 6.69. The Morgan fingerprint density at radius 2 is 2.00 bits per heavy atom. The van der Waals surface area contributed by atoms with Crippen LogP contribution in [0.1, 0.15) is 23.0 Å². The predicted octanol–water partition coefficient (Wildman–Crippen LogP) is 2.86. The van der Waals surface area contributed by atoms with E-state index in [0.717, 1.165) is 15.6 Å². The molecule has 8 heteroatoms. The van der Waals surface area contributed by atoms with Crippen LogP contribution in [-0.2, 0) is 4.79 Å². The van der Waals surface area contributed by atoms with Crippen LogP contribution in [0, 0.1) is 6.92 Å². The normalized spacial score (nSPS) is 11.8. The van der Waals surface area contributed by atoms with Crippen molar-refractivity contribution in [1.29, 1.82) is 0 Å². The molecule has 3 rings (SSSR count). The first-order chi connectivity index (χ1) is 12.4. The van der Waals surface area contributed by atoms with Gasteiger partial charge in [-0.2, -0.15) is 5.10 Å². The molecule has 1 unspecified atom stereocenters. The summed E-state index contributed by atoms with van der Waals surface area (Å²) in [4.78, 5) is 24.4. The molecule has 1 heterocycles. The molecule has 3 N–H and O–H groups in total. The quantitative estimate of drug-likeness (QED) is 0.569. The number of nitrogens with zero attached hydrogens (tertiary/aromatic N) is 1. The average Bonchev–Trinajstić information content (AvgIpc) is 3.02. The molecule has 0 fully saturated rings. The van der Waals surface area contributed by atoms with Crippen LogP contribution in [-0.4, -0.2) is 28.1 Å². The van der Waals surface area contributed by atoms with E-state index in [2.05, 4.69) is 37.0 Å². The molecule has 3 aromatic rings. The molecule has 134 valence electrons. The van der Waals surface area contributed by atoms with Gasteiger partial charge in [-0.1, -0.05) is 33.6 Å². The van der Waals surface area contributed by atoms with Crippen molar-refractivity contribution in [3.8, 4) is 5.75 Å². The molecule has 1 atom stereocenters. The van der Waals surface area contributed by atoms with Gasteiger partial charge in [0.05, 0.1) is 5.52 Å². The molecule has 0 saturated carbocycles. The monoisotopic (exact) mass is 416 g/mol. The molecular formula is C18H17BrN4O3. The lowest BCUT2D eigenvalue weighted by atomic mass is 10.1. The highest BCUT2D eigenvalue weighted by atomic mass is 79.9. The third-order valence-electron chi connectivity index (χ3n) is 3.71. The number of fused-ring (bicyclic) bond motifs is 1. The maximum Gasteiger partial charge on any atom is 0.290 e. The summed E-state index contributed by atoms with van der Waals surface area (Å²) in [5, 5.41) is 7.49. The van der Waals surface area contributed by atoms with Crippen molar-refractivity contribution in [3.05, 3.63) is 58.2 Å². The molecule has 1 aromatic heterocycles. The van der Waals surface area contributed by atoms with Crippen molar-refractivity contribution in [2.75, 3.05) is 0 Å². The molecule has 0 saturated heterocycles. The summed E-state index contributed by atoms with van der Waals surface area (Å²) in [6.45, 7) is 3.52. The molecule has 7 nitrogen and oxygen atoms in total. The number of aromatic nitrogens is 2. The number of H-pyrrole nitrogens is 1. The molecule has 0 radical (unpaired) electrons. The zero-order chi connectivity index (χ0) is 18.7. The van der Waals surface area contributed by atoms with E-state index in [1.807, 2.05) is 31.2 Å². The van der Waals surface area contributed by atoms with E-state index in [0.29, 0.717) is 11.1 Å². The molecule has 2 amide bonds. The van der Waals surface area contributed by atoms with Gasteiger partial charge in [0.25, 0.3) is 11.8 Å². The van der Waals surface area contributed by atoms with Crippen molar-refractivity contribution >= 4 is 38.6 Å². The lowest BCUT2D eigenvalue weighted by molar-refractivity contribution is -0.128. The summed E-state index contributed by atoms with van der Waals surface area (Å²) in [6, 6.07) is 12.8. The minimum Gasteiger partial charge on any atom is -0.481 e. The molecule has 2 aromatic carbocycles. The van der Waals surface area contributed by atoms with E-state index in [4.69, 9.17) is 4.74 Å². The van der Waals surface area contributed by atoms with E-state index < -0.39 is 17.9 Å². The third-order valence-corrected chi connectivity index (χ3v) is 4.20. The summed E-state index contributed by atoms with van der Waals surface area (Å²) in [5.74, 6) is -0.443. The van der Waals surface area contributed by atoms with Crippen LogP contribution >= 0.6 is 15.9 Å². The standard InChI is InChI=1S/C18H17BrN4O3/c1-10-6-7-15-14(8-10)16(21-20-15)18(25)23-22-17(24)11(2)26-13-5-3-4-12(19)9-13/h3-9,11H,1-2H3,(H,20,21)(H,22,24)(H,23,25). The number of halogens is 1. The Morgan fingerprint density at radius 1 is 1.19 bits per heavy atom. The number of amides is 2. The number of hydrogen-bond donors (Lipinski definition) is 3. The summed E-state index contributed by atoms with van der Waals surface area (Å²) < 4.78 is 6.39. The minimum atomic E-state index is -0.789. The highest BCUT2D eigenvalue weighted by molar-refractivity contribution is 9.10. The van der Waals surface area contributed by atoms with E-state index >= 15 is 0 Å². The van der Waals surface area contributed by atoms with Crippen molar-refractivity contribution in [2.24, 2.45) is 0 Å². The number of carbonyl (C=O) groups excluding carboxylic acids is 2. The molecule has 26 heavy (non-hydrogen) atoms. The number of aromatic amines is 1. The second-order valence-electron chi connectivity index (χ2n) is 5.78. The zero-order valence-corrected chi connectivity index (χ0v) is 15.8. The average molecular weight is 417 g/mol. The zero-order valence-electron chi connectivity index (χ0n) is 14.2. The topological polar surface area (TPSA) is 96.1 Å². The van der Waals surface area contributed by atoms with Gasteiger partial charge in [-0.15, -0.1) is 0 Å². The first kappa shape index (κ1) is 17.9. The maximum absolute atomic E-state index is 12.3. The Bertz CT molecular complexity index is 970. The van der Waals surface area contributed by atoms with Crippen molar-refractivity contribution in [2.45, 2.75) is 20.0 Å². The number of hydrogen-bond acceptors (Lipinski definition) is 4. The second-order valence-corrected chi connectivity index (χ2v) is 6.70. The number of nitrogens with one attached hydrogen (secondary N) is 3. The summed E-state index contributed by atoms with van der Waals surface area (Å²) in [7, 11) is 0. The highest BCUT2D eigenvalue weighted by Crippen LogP contribution is 2.19. The van der Waals surface area contributed by atoms with Gasteiger partial charge in [0.1, 0.15) is 5.75 Å².